The molecule has 1 saturated heterocycles. The van der Waals surface area contributed by atoms with Crippen LogP contribution in [0.25, 0.3) is 10.2 Å². The molecular formula is C23H28F3N5S. The number of thiophene rings is 1. The minimum Gasteiger partial charge on any atom is -0.356 e. The van der Waals surface area contributed by atoms with Crippen molar-refractivity contribution in [3.05, 3.63) is 34.7 Å². The minimum absolute atomic E-state index is 0.298. The number of aryl methyl sites for hydroxylation is 2. The molecule has 5 nitrogen and oxygen atoms in total. The van der Waals surface area contributed by atoms with Gasteiger partial charge in [0.1, 0.15) is 17.0 Å². The Morgan fingerprint density at radius 2 is 2.00 bits per heavy atom. The van der Waals surface area contributed by atoms with Gasteiger partial charge in [0, 0.05) is 31.2 Å². The maximum atomic E-state index is 12.9. The van der Waals surface area contributed by atoms with Crippen molar-refractivity contribution in [2.45, 2.75) is 63.5 Å². The van der Waals surface area contributed by atoms with Gasteiger partial charge in [-0.25, -0.2) is 9.97 Å². The maximum Gasteiger partial charge on any atom is 0.393 e. The van der Waals surface area contributed by atoms with E-state index in [1.165, 1.54) is 43.3 Å². The third-order valence-corrected chi connectivity index (χ3v) is 7.89. The molecule has 0 aromatic carbocycles. The zero-order valence-electron chi connectivity index (χ0n) is 18.2. The molecule has 0 N–H and O–H groups in total. The Morgan fingerprint density at radius 1 is 1.12 bits per heavy atom. The normalized spacial score (nSPS) is 22.2. The van der Waals surface area contributed by atoms with Crippen molar-refractivity contribution in [1.29, 1.82) is 0 Å². The lowest BCUT2D eigenvalue weighted by Gasteiger charge is -2.26. The van der Waals surface area contributed by atoms with Gasteiger partial charge in [-0.2, -0.15) is 18.3 Å². The monoisotopic (exact) mass is 463 g/mol. The lowest BCUT2D eigenvalue weighted by atomic mass is 9.79. The van der Waals surface area contributed by atoms with Gasteiger partial charge in [-0.05, 0) is 68.4 Å². The second-order valence-corrected chi connectivity index (χ2v) is 10.3. The van der Waals surface area contributed by atoms with Gasteiger partial charge in [0.2, 0.25) is 0 Å². The summed E-state index contributed by atoms with van der Waals surface area (Å²) in [5.41, 5.74) is 2.71. The molecule has 9 heteroatoms. The molecule has 5 rings (SSSR count). The quantitative estimate of drug-likeness (QED) is 0.502. The zero-order valence-corrected chi connectivity index (χ0v) is 19.1. The third-order valence-electron chi connectivity index (χ3n) is 6.84. The molecule has 0 amide bonds. The molecule has 0 unspecified atom stereocenters. The van der Waals surface area contributed by atoms with Gasteiger partial charge in [0.05, 0.1) is 17.5 Å². The van der Waals surface area contributed by atoms with Crippen molar-refractivity contribution in [3.8, 4) is 0 Å². The van der Waals surface area contributed by atoms with E-state index in [0.29, 0.717) is 21.5 Å². The second-order valence-electron chi connectivity index (χ2n) is 9.23. The van der Waals surface area contributed by atoms with Gasteiger partial charge in [-0.15, -0.1) is 11.3 Å². The number of anilines is 1. The summed E-state index contributed by atoms with van der Waals surface area (Å²) in [7, 11) is 2.01. The summed E-state index contributed by atoms with van der Waals surface area (Å²) in [6.45, 7) is 1.77. The fourth-order valence-corrected chi connectivity index (χ4v) is 6.47. The SMILES string of the molecule is Cn1cc2c(n1)CCC[C@@H]2C[C@@H]1CCCN(c2ncnc3sc(CC(F)(F)F)cc23)CC1. The summed E-state index contributed by atoms with van der Waals surface area (Å²) in [6, 6.07) is 1.64. The number of rotatable bonds is 4. The molecule has 0 radical (unpaired) electrons. The van der Waals surface area contributed by atoms with Crippen LogP contribution in [0.5, 0.6) is 0 Å². The van der Waals surface area contributed by atoms with Crippen LogP contribution in [0.15, 0.2) is 18.6 Å². The molecular weight excluding hydrogens is 435 g/mol. The van der Waals surface area contributed by atoms with Crippen molar-refractivity contribution in [1.82, 2.24) is 19.7 Å². The molecule has 172 valence electrons. The van der Waals surface area contributed by atoms with E-state index in [9.17, 15) is 13.2 Å². The van der Waals surface area contributed by atoms with Gasteiger partial charge in [-0.3, -0.25) is 4.68 Å². The van der Waals surface area contributed by atoms with E-state index in [4.69, 9.17) is 0 Å². The van der Waals surface area contributed by atoms with E-state index in [0.717, 1.165) is 54.9 Å². The van der Waals surface area contributed by atoms with Crippen LogP contribution < -0.4 is 4.90 Å². The third kappa shape index (κ3) is 4.63. The smallest absolute Gasteiger partial charge is 0.356 e. The fourth-order valence-electron chi connectivity index (χ4n) is 5.45. The van der Waals surface area contributed by atoms with Crippen molar-refractivity contribution < 1.29 is 13.2 Å². The van der Waals surface area contributed by atoms with Gasteiger partial charge in [-0.1, -0.05) is 0 Å². The number of halogens is 3. The van der Waals surface area contributed by atoms with Gasteiger partial charge >= 0.3 is 6.18 Å². The maximum absolute atomic E-state index is 12.9. The first kappa shape index (κ1) is 21.7. The largest absolute Gasteiger partial charge is 0.393 e. The Balaban J connectivity index is 1.29. The van der Waals surface area contributed by atoms with Crippen LogP contribution in [0.2, 0.25) is 0 Å². The van der Waals surface area contributed by atoms with Crippen molar-refractivity contribution >= 4 is 27.4 Å². The average molecular weight is 464 g/mol. The van der Waals surface area contributed by atoms with Crippen LogP contribution in [0.3, 0.4) is 0 Å². The van der Waals surface area contributed by atoms with E-state index in [2.05, 4.69) is 26.2 Å². The lowest BCUT2D eigenvalue weighted by molar-refractivity contribution is -0.126. The summed E-state index contributed by atoms with van der Waals surface area (Å²) in [4.78, 5) is 11.9. The van der Waals surface area contributed by atoms with E-state index >= 15 is 0 Å². The molecule has 2 aliphatic rings. The van der Waals surface area contributed by atoms with Crippen LogP contribution in [0.4, 0.5) is 19.0 Å². The molecule has 1 aliphatic carbocycles. The standard InChI is InChI=1S/C23H28F3N5S/c1-30-13-19-16(5-2-6-20(19)29-30)10-15-4-3-8-31(9-7-15)21-18-11-17(12-23(24,25)26)32-22(18)28-14-27-21/h11,13-16H,2-10,12H2,1H3/t15-,16-/m1/s1. The predicted molar refractivity (Wildman–Crippen MR) is 120 cm³/mol. The highest BCUT2D eigenvalue weighted by Crippen LogP contribution is 2.39. The summed E-state index contributed by atoms with van der Waals surface area (Å²) in [5.74, 6) is 2.03. The summed E-state index contributed by atoms with van der Waals surface area (Å²) in [5, 5.41) is 5.39. The van der Waals surface area contributed by atoms with Gasteiger partial charge in [0.15, 0.2) is 0 Å². The molecule has 1 aliphatic heterocycles. The predicted octanol–water partition coefficient (Wildman–Crippen LogP) is 5.65. The summed E-state index contributed by atoms with van der Waals surface area (Å²) < 4.78 is 40.5. The Morgan fingerprint density at radius 3 is 2.84 bits per heavy atom. The number of hydrogen-bond acceptors (Lipinski definition) is 5. The first-order chi connectivity index (χ1) is 15.4. The Bertz CT molecular complexity index is 1090. The summed E-state index contributed by atoms with van der Waals surface area (Å²) in [6.07, 6.45) is 6.64. The first-order valence-electron chi connectivity index (χ1n) is 11.4. The van der Waals surface area contributed by atoms with E-state index < -0.39 is 12.6 Å². The van der Waals surface area contributed by atoms with Crippen molar-refractivity contribution in [3.63, 3.8) is 0 Å². The van der Waals surface area contributed by atoms with Gasteiger partial charge in [0.25, 0.3) is 0 Å². The second kappa shape index (κ2) is 8.65. The minimum atomic E-state index is -4.21. The Labute approximate surface area is 189 Å². The van der Waals surface area contributed by atoms with Crippen LogP contribution in [0, 0.1) is 5.92 Å². The molecule has 2 atom stereocenters. The number of fused-ring (bicyclic) bond motifs is 2. The number of alkyl halides is 3. The number of nitrogens with zero attached hydrogens (tertiary/aromatic N) is 5. The molecule has 1 fully saturated rings. The van der Waals surface area contributed by atoms with Gasteiger partial charge < -0.3 is 4.90 Å². The van der Waals surface area contributed by atoms with Crippen LogP contribution in [-0.4, -0.2) is 39.0 Å². The van der Waals surface area contributed by atoms with Crippen LogP contribution >= 0.6 is 11.3 Å². The lowest BCUT2D eigenvalue weighted by Crippen LogP contribution is -2.25. The first-order valence-corrected chi connectivity index (χ1v) is 12.2. The molecule has 0 spiro atoms. The van der Waals surface area contributed by atoms with Crippen molar-refractivity contribution in [2.75, 3.05) is 18.0 Å². The fraction of sp³-hybridized carbons (Fsp3) is 0.609. The van der Waals surface area contributed by atoms with Crippen LogP contribution in [0.1, 0.15) is 60.6 Å². The highest BCUT2D eigenvalue weighted by Gasteiger charge is 2.30. The number of hydrogen-bond donors (Lipinski definition) is 0. The highest BCUT2D eigenvalue weighted by molar-refractivity contribution is 7.18. The molecule has 0 saturated carbocycles. The van der Waals surface area contributed by atoms with E-state index in [1.54, 1.807) is 6.07 Å². The highest BCUT2D eigenvalue weighted by atomic mass is 32.1. The molecule has 4 heterocycles. The molecule has 0 bridgehead atoms. The van der Waals surface area contributed by atoms with Crippen LogP contribution in [-0.2, 0) is 19.9 Å². The average Bonchev–Trinajstić information content (AvgIpc) is 3.22. The molecule has 3 aromatic heterocycles. The van der Waals surface area contributed by atoms with E-state index in [1.807, 2.05) is 11.7 Å². The summed E-state index contributed by atoms with van der Waals surface area (Å²) >= 11 is 1.12. The molecule has 32 heavy (non-hydrogen) atoms. The van der Waals surface area contributed by atoms with Crippen molar-refractivity contribution in [2.24, 2.45) is 13.0 Å². The number of aromatic nitrogens is 4. The Hall–Kier alpha value is -2.16. The Kier molecular flexibility index (Phi) is 5.86. The molecule has 3 aromatic rings. The zero-order chi connectivity index (χ0) is 22.3. The van der Waals surface area contributed by atoms with E-state index in [-0.39, 0.29) is 0 Å². The topological polar surface area (TPSA) is 46.8 Å².